The van der Waals surface area contributed by atoms with Crippen LogP contribution in [0.3, 0.4) is 0 Å². The number of hydrogen-bond acceptors (Lipinski definition) is 0. The second-order valence-corrected chi connectivity index (χ2v) is 3.04. The summed E-state index contributed by atoms with van der Waals surface area (Å²) in [6, 6.07) is 0. The van der Waals surface area contributed by atoms with Gasteiger partial charge >= 0.3 is 0 Å². The third kappa shape index (κ3) is 1.73. The Hall–Kier alpha value is -0.520. The van der Waals surface area contributed by atoms with Gasteiger partial charge < -0.3 is 0 Å². The lowest BCUT2D eigenvalue weighted by Crippen LogP contribution is -2.05. The average Bonchev–Trinajstić information content (AvgIpc) is 1.94. The number of hydrogen-bond donors (Lipinski definition) is 0. The molecule has 0 heteroatoms. The van der Waals surface area contributed by atoms with Gasteiger partial charge in [-0.15, -0.1) is 0 Å². The first-order chi connectivity index (χ1) is 4.84. The molecule has 10 heavy (non-hydrogen) atoms. The van der Waals surface area contributed by atoms with Gasteiger partial charge in [0.1, 0.15) is 0 Å². The number of allylic oxidation sites excluding steroid dienone is 3. The van der Waals surface area contributed by atoms with Gasteiger partial charge in [0.2, 0.25) is 0 Å². The summed E-state index contributed by atoms with van der Waals surface area (Å²) in [6.07, 6.45) is 9.72. The highest BCUT2D eigenvalue weighted by Crippen LogP contribution is 2.28. The zero-order chi connectivity index (χ0) is 7.40. The van der Waals surface area contributed by atoms with Crippen LogP contribution in [0, 0.1) is 5.92 Å². The Bertz CT molecular complexity index is 142. The summed E-state index contributed by atoms with van der Waals surface area (Å²) in [7, 11) is 0. The molecule has 0 aromatic rings. The molecule has 1 atom stereocenters. The molecule has 0 saturated heterocycles. The minimum Gasteiger partial charge on any atom is -0.0993 e. The molecule has 1 rings (SSSR count). The van der Waals surface area contributed by atoms with E-state index in [9.17, 15) is 0 Å². The van der Waals surface area contributed by atoms with Crippen molar-refractivity contribution in [3.05, 3.63) is 24.3 Å². The topological polar surface area (TPSA) is 0 Å². The average molecular weight is 136 g/mol. The highest BCUT2D eigenvalue weighted by atomic mass is 14.2. The summed E-state index contributed by atoms with van der Waals surface area (Å²) in [4.78, 5) is 0. The van der Waals surface area contributed by atoms with Gasteiger partial charge in [-0.1, -0.05) is 30.7 Å². The second kappa shape index (κ2) is 3.60. The maximum Gasteiger partial charge on any atom is -0.00261 e. The van der Waals surface area contributed by atoms with E-state index in [2.05, 4.69) is 25.7 Å². The van der Waals surface area contributed by atoms with Crippen LogP contribution in [-0.2, 0) is 0 Å². The predicted molar refractivity (Wildman–Crippen MR) is 45.9 cm³/mol. The monoisotopic (exact) mass is 136 g/mol. The smallest absolute Gasteiger partial charge is 0.00261 e. The minimum absolute atomic E-state index is 0.693. The van der Waals surface area contributed by atoms with Crippen molar-refractivity contribution in [2.24, 2.45) is 5.92 Å². The molecule has 0 aromatic heterocycles. The molecule has 1 saturated carbocycles. The Morgan fingerprint density at radius 1 is 1.50 bits per heavy atom. The van der Waals surface area contributed by atoms with Crippen LogP contribution in [0.4, 0.5) is 0 Å². The van der Waals surface area contributed by atoms with Crippen molar-refractivity contribution in [3.63, 3.8) is 0 Å². The van der Waals surface area contributed by atoms with Gasteiger partial charge in [-0.25, -0.2) is 0 Å². The first-order valence-corrected chi connectivity index (χ1v) is 4.15. The predicted octanol–water partition coefficient (Wildman–Crippen LogP) is 3.31. The summed E-state index contributed by atoms with van der Waals surface area (Å²) in [5.41, 5.74) is 1.43. The van der Waals surface area contributed by atoms with Crippen LogP contribution < -0.4 is 0 Å². The van der Waals surface area contributed by atoms with Crippen molar-refractivity contribution in [1.29, 1.82) is 0 Å². The van der Waals surface area contributed by atoms with Crippen LogP contribution >= 0.6 is 0 Å². The van der Waals surface area contributed by atoms with E-state index in [4.69, 9.17) is 0 Å². The lowest BCUT2D eigenvalue weighted by molar-refractivity contribution is 0.521. The highest BCUT2D eigenvalue weighted by molar-refractivity contribution is 5.10. The van der Waals surface area contributed by atoms with Crippen molar-refractivity contribution in [2.75, 3.05) is 0 Å². The maximum absolute atomic E-state index is 4.06. The van der Waals surface area contributed by atoms with Gasteiger partial charge in [0.25, 0.3) is 0 Å². The fourth-order valence-electron chi connectivity index (χ4n) is 1.57. The molecular formula is C10H16. The maximum atomic E-state index is 4.06. The molecule has 0 radical (unpaired) electrons. The van der Waals surface area contributed by atoms with Crippen molar-refractivity contribution in [1.82, 2.24) is 0 Å². The summed E-state index contributed by atoms with van der Waals surface area (Å²) >= 11 is 0. The van der Waals surface area contributed by atoms with E-state index in [0.717, 1.165) is 0 Å². The quantitative estimate of drug-likeness (QED) is 0.485. The van der Waals surface area contributed by atoms with E-state index in [1.165, 1.54) is 31.3 Å². The Balaban J connectivity index is 2.48. The zero-order valence-corrected chi connectivity index (χ0v) is 6.77. The van der Waals surface area contributed by atoms with Gasteiger partial charge in [-0.2, -0.15) is 0 Å². The van der Waals surface area contributed by atoms with E-state index in [1.807, 2.05) is 0 Å². The molecule has 1 aliphatic carbocycles. The largest absolute Gasteiger partial charge is 0.0993 e. The molecule has 0 N–H and O–H groups in total. The van der Waals surface area contributed by atoms with E-state index in [-0.39, 0.29) is 0 Å². The molecule has 1 unspecified atom stereocenters. The summed E-state index contributed by atoms with van der Waals surface area (Å²) in [5.74, 6) is 0.693. The summed E-state index contributed by atoms with van der Waals surface area (Å²) in [5, 5.41) is 0. The third-order valence-corrected chi connectivity index (χ3v) is 2.21. The molecule has 56 valence electrons. The lowest BCUT2D eigenvalue weighted by atomic mass is 9.85. The Morgan fingerprint density at radius 2 is 2.30 bits per heavy atom. The zero-order valence-electron chi connectivity index (χ0n) is 6.77. The molecule has 0 aromatic carbocycles. The lowest BCUT2D eigenvalue weighted by Gasteiger charge is -2.20. The third-order valence-electron chi connectivity index (χ3n) is 2.21. The fraction of sp³-hybridized carbons (Fsp3) is 0.600. The van der Waals surface area contributed by atoms with Crippen molar-refractivity contribution >= 4 is 0 Å². The minimum atomic E-state index is 0.693. The van der Waals surface area contributed by atoms with Gasteiger partial charge in [-0.3, -0.25) is 0 Å². The van der Waals surface area contributed by atoms with E-state index < -0.39 is 0 Å². The van der Waals surface area contributed by atoms with Crippen LogP contribution in [0.25, 0.3) is 0 Å². The van der Waals surface area contributed by atoms with Crippen molar-refractivity contribution in [3.8, 4) is 0 Å². The first kappa shape index (κ1) is 7.59. The van der Waals surface area contributed by atoms with Gasteiger partial charge in [0, 0.05) is 0 Å². The molecule has 0 aliphatic heterocycles. The Labute approximate surface area is 63.6 Å². The van der Waals surface area contributed by atoms with Crippen LogP contribution in [0.15, 0.2) is 24.3 Å². The summed E-state index contributed by atoms with van der Waals surface area (Å²) < 4.78 is 0. The van der Waals surface area contributed by atoms with Gasteiger partial charge in [-0.05, 0) is 32.1 Å². The normalized spacial score (nSPS) is 27.7. The fourth-order valence-corrected chi connectivity index (χ4v) is 1.57. The molecular weight excluding hydrogens is 120 g/mol. The van der Waals surface area contributed by atoms with Crippen LogP contribution in [-0.4, -0.2) is 0 Å². The molecule has 0 bridgehead atoms. The second-order valence-electron chi connectivity index (χ2n) is 3.04. The van der Waals surface area contributed by atoms with Crippen LogP contribution in [0.1, 0.15) is 32.6 Å². The first-order valence-electron chi connectivity index (χ1n) is 4.15. The van der Waals surface area contributed by atoms with Crippen molar-refractivity contribution in [2.45, 2.75) is 32.6 Å². The Morgan fingerprint density at radius 3 is 2.90 bits per heavy atom. The van der Waals surface area contributed by atoms with E-state index in [0.29, 0.717) is 5.92 Å². The van der Waals surface area contributed by atoms with E-state index >= 15 is 0 Å². The highest BCUT2D eigenvalue weighted by Gasteiger charge is 2.12. The molecule has 1 fully saturated rings. The van der Waals surface area contributed by atoms with Crippen LogP contribution in [0.2, 0.25) is 0 Å². The van der Waals surface area contributed by atoms with Crippen LogP contribution in [0.5, 0.6) is 0 Å². The molecule has 0 spiro atoms. The molecule has 0 heterocycles. The van der Waals surface area contributed by atoms with Gasteiger partial charge in [0.15, 0.2) is 0 Å². The van der Waals surface area contributed by atoms with Crippen molar-refractivity contribution < 1.29 is 0 Å². The SMILES string of the molecule is C=C1CCCCC1/C=C/C. The Kier molecular flexibility index (Phi) is 2.73. The van der Waals surface area contributed by atoms with Gasteiger partial charge in [0.05, 0.1) is 0 Å². The van der Waals surface area contributed by atoms with E-state index in [1.54, 1.807) is 0 Å². The molecule has 0 amide bonds. The molecule has 1 aliphatic rings. The summed E-state index contributed by atoms with van der Waals surface area (Å²) in [6.45, 7) is 6.15. The molecule has 0 nitrogen and oxygen atoms in total. The standard InChI is InChI=1S/C10H16/c1-3-6-10-8-5-4-7-9(10)2/h3,6,10H,2,4-5,7-8H2,1H3/b6-3+. The number of rotatable bonds is 1.